The Labute approximate surface area is 178 Å². The van der Waals surface area contributed by atoms with Gasteiger partial charge in [0.2, 0.25) is 10.0 Å². The number of nitrogens with zero attached hydrogens (tertiary/aromatic N) is 2. The van der Waals surface area contributed by atoms with Crippen molar-refractivity contribution in [3.63, 3.8) is 0 Å². The average Bonchev–Trinajstić information content (AvgIpc) is 3.46. The van der Waals surface area contributed by atoms with Gasteiger partial charge in [0, 0.05) is 38.1 Å². The van der Waals surface area contributed by atoms with Crippen molar-refractivity contribution in [3.05, 3.63) is 77.3 Å². The van der Waals surface area contributed by atoms with Crippen LogP contribution in [0.15, 0.2) is 75.3 Å². The number of hydrogen-bond acceptors (Lipinski definition) is 4. The van der Waals surface area contributed by atoms with Crippen LogP contribution in [-0.4, -0.2) is 49.8 Å². The molecule has 1 N–H and O–H groups in total. The van der Waals surface area contributed by atoms with E-state index >= 15 is 0 Å². The van der Waals surface area contributed by atoms with Gasteiger partial charge in [-0.1, -0.05) is 12.1 Å². The Morgan fingerprint density at radius 3 is 2.55 bits per heavy atom. The van der Waals surface area contributed by atoms with Gasteiger partial charge in [0.15, 0.2) is 0 Å². The molecule has 0 bridgehead atoms. The van der Waals surface area contributed by atoms with Crippen LogP contribution in [0.4, 0.5) is 9.18 Å². The average molecular weight is 441 g/mol. The van der Waals surface area contributed by atoms with Crippen molar-refractivity contribution in [1.29, 1.82) is 0 Å². The summed E-state index contributed by atoms with van der Waals surface area (Å²) in [5, 5.41) is 3.53. The molecule has 0 fully saturated rings. The number of hydrogen-bond donors (Lipinski definition) is 1. The lowest BCUT2D eigenvalue weighted by Crippen LogP contribution is -2.41. The van der Waals surface area contributed by atoms with Gasteiger partial charge in [0.25, 0.3) is 0 Å². The van der Waals surface area contributed by atoms with Gasteiger partial charge < -0.3 is 14.6 Å². The molecule has 0 saturated heterocycles. The summed E-state index contributed by atoms with van der Waals surface area (Å²) in [7, 11) is -3.64. The van der Waals surface area contributed by atoms with E-state index in [0.29, 0.717) is 24.2 Å². The monoisotopic (exact) mass is 441 g/mol. The van der Waals surface area contributed by atoms with Gasteiger partial charge in [-0.05, 0) is 53.1 Å². The van der Waals surface area contributed by atoms with E-state index < -0.39 is 10.0 Å². The first kappa shape index (κ1) is 19.8. The van der Waals surface area contributed by atoms with E-state index in [9.17, 15) is 17.6 Å². The fourth-order valence-corrected chi connectivity index (χ4v) is 5.52. The summed E-state index contributed by atoms with van der Waals surface area (Å²) in [6, 6.07) is 12.4. The molecule has 7 nitrogen and oxygen atoms in total. The molecule has 0 spiro atoms. The fourth-order valence-electron chi connectivity index (χ4n) is 4.05. The highest BCUT2D eigenvalue weighted by Gasteiger charge is 2.37. The van der Waals surface area contributed by atoms with Crippen LogP contribution >= 0.6 is 0 Å². The highest BCUT2D eigenvalue weighted by molar-refractivity contribution is 7.89. The number of carbonyl (C=O) groups is 1. The minimum Gasteiger partial charge on any atom is -0.464 e. The molecule has 3 aromatic rings. The quantitative estimate of drug-likeness (QED) is 0.631. The number of fused-ring (bicyclic) bond motifs is 1. The summed E-state index contributed by atoms with van der Waals surface area (Å²) in [6.45, 7) is 1.55. The molecule has 1 aromatic heterocycles. The van der Waals surface area contributed by atoms with E-state index in [2.05, 4.69) is 5.32 Å². The van der Waals surface area contributed by atoms with Crippen molar-refractivity contribution < 1.29 is 22.0 Å². The number of nitrogens with one attached hydrogen (secondary N) is 1. The predicted molar refractivity (Wildman–Crippen MR) is 112 cm³/mol. The number of benzene rings is 2. The van der Waals surface area contributed by atoms with Crippen molar-refractivity contribution in [2.45, 2.75) is 11.4 Å². The molecular weight excluding hydrogens is 421 g/mol. The van der Waals surface area contributed by atoms with Gasteiger partial charge in [-0.25, -0.2) is 17.6 Å². The van der Waals surface area contributed by atoms with Crippen molar-refractivity contribution in [2.24, 2.45) is 0 Å². The van der Waals surface area contributed by atoms with Crippen molar-refractivity contribution in [1.82, 2.24) is 14.5 Å². The predicted octanol–water partition coefficient (Wildman–Crippen LogP) is 3.10. The number of urea groups is 1. The van der Waals surface area contributed by atoms with Crippen LogP contribution < -0.4 is 5.32 Å². The second-order valence-corrected chi connectivity index (χ2v) is 9.68. The molecule has 31 heavy (non-hydrogen) atoms. The maximum absolute atomic E-state index is 13.3. The summed E-state index contributed by atoms with van der Waals surface area (Å²) >= 11 is 0. The smallest absolute Gasteiger partial charge is 0.318 e. The molecule has 160 valence electrons. The highest BCUT2D eigenvalue weighted by Crippen LogP contribution is 2.31. The van der Waals surface area contributed by atoms with Gasteiger partial charge in [0.05, 0.1) is 11.2 Å². The SMILES string of the molecule is O=C(NCc1cccc(F)c1)N1CC2=C(C1)CN(S(=O)(=O)c1ccc3occc3c1)C2. The zero-order chi connectivity index (χ0) is 21.6. The number of rotatable bonds is 4. The first-order valence-corrected chi connectivity index (χ1v) is 11.3. The molecule has 0 radical (unpaired) electrons. The van der Waals surface area contributed by atoms with Crippen LogP contribution in [0.3, 0.4) is 0 Å². The van der Waals surface area contributed by atoms with Gasteiger partial charge in [-0.2, -0.15) is 4.31 Å². The third-order valence-corrected chi connectivity index (χ3v) is 7.47. The van der Waals surface area contributed by atoms with E-state index in [-0.39, 0.29) is 36.4 Å². The van der Waals surface area contributed by atoms with Gasteiger partial charge >= 0.3 is 6.03 Å². The molecule has 2 aliphatic heterocycles. The molecule has 0 saturated carbocycles. The normalized spacial score (nSPS) is 16.9. The lowest BCUT2D eigenvalue weighted by atomic mass is 10.2. The Hall–Kier alpha value is -3.17. The van der Waals surface area contributed by atoms with Gasteiger partial charge in [-0.15, -0.1) is 0 Å². The fraction of sp³-hybridized carbons (Fsp3) is 0.227. The molecule has 0 unspecified atom stereocenters. The molecule has 9 heteroatoms. The third kappa shape index (κ3) is 3.70. The molecule has 2 aromatic carbocycles. The van der Waals surface area contributed by atoms with E-state index in [4.69, 9.17) is 4.42 Å². The Bertz CT molecular complexity index is 1300. The highest BCUT2D eigenvalue weighted by atomic mass is 32.2. The molecule has 5 rings (SSSR count). The van der Waals surface area contributed by atoms with Gasteiger partial charge in [-0.3, -0.25) is 0 Å². The standard InChI is InChI=1S/C22H20FN3O4S/c23-19-3-1-2-15(8-19)10-24-22(27)25-11-17-13-26(14-18(17)12-25)31(28,29)20-4-5-21-16(9-20)6-7-30-21/h1-9H,10-14H2,(H,24,27). The summed E-state index contributed by atoms with van der Waals surface area (Å²) in [4.78, 5) is 14.4. The van der Waals surface area contributed by atoms with Crippen LogP contribution in [0.1, 0.15) is 5.56 Å². The Kier molecular flexibility index (Phi) is 4.79. The van der Waals surface area contributed by atoms with Crippen molar-refractivity contribution in [2.75, 3.05) is 26.2 Å². The Morgan fingerprint density at radius 1 is 1.03 bits per heavy atom. The summed E-state index contributed by atoms with van der Waals surface area (Å²) in [5.74, 6) is -0.346. The van der Waals surface area contributed by atoms with Crippen LogP contribution in [0.5, 0.6) is 0 Å². The second kappa shape index (κ2) is 7.51. The summed E-state index contributed by atoms with van der Waals surface area (Å²) in [6.07, 6.45) is 1.53. The van der Waals surface area contributed by atoms with Crippen molar-refractivity contribution >= 4 is 27.0 Å². The first-order valence-electron chi connectivity index (χ1n) is 9.84. The second-order valence-electron chi connectivity index (χ2n) is 7.75. The molecule has 0 aliphatic carbocycles. The maximum atomic E-state index is 13.3. The van der Waals surface area contributed by atoms with Gasteiger partial charge in [0.1, 0.15) is 11.4 Å². The van der Waals surface area contributed by atoms with E-state index in [1.165, 1.54) is 22.7 Å². The zero-order valence-electron chi connectivity index (χ0n) is 16.5. The number of halogens is 1. The molecular formula is C22H20FN3O4S. The zero-order valence-corrected chi connectivity index (χ0v) is 17.4. The number of amides is 2. The largest absolute Gasteiger partial charge is 0.464 e. The number of sulfonamides is 1. The van der Waals surface area contributed by atoms with E-state index in [0.717, 1.165) is 16.5 Å². The van der Waals surface area contributed by atoms with Crippen LogP contribution in [0.25, 0.3) is 11.0 Å². The van der Waals surface area contributed by atoms with E-state index in [1.807, 2.05) is 0 Å². The Morgan fingerprint density at radius 2 is 1.81 bits per heavy atom. The summed E-state index contributed by atoms with van der Waals surface area (Å²) < 4.78 is 46.2. The lowest BCUT2D eigenvalue weighted by molar-refractivity contribution is 0.208. The third-order valence-electron chi connectivity index (χ3n) is 5.68. The number of furan rings is 1. The Balaban J connectivity index is 1.21. The number of carbonyl (C=O) groups excluding carboxylic acids is 1. The topological polar surface area (TPSA) is 82.9 Å². The molecule has 2 amide bonds. The van der Waals surface area contributed by atoms with Crippen molar-refractivity contribution in [3.8, 4) is 0 Å². The molecule has 0 atom stereocenters. The van der Waals surface area contributed by atoms with Crippen LogP contribution in [0.2, 0.25) is 0 Å². The maximum Gasteiger partial charge on any atom is 0.318 e. The lowest BCUT2D eigenvalue weighted by Gasteiger charge is -2.23. The minimum atomic E-state index is -3.64. The van der Waals surface area contributed by atoms with Crippen LogP contribution in [0, 0.1) is 5.82 Å². The molecule has 3 heterocycles. The summed E-state index contributed by atoms with van der Waals surface area (Å²) in [5.41, 5.74) is 3.23. The first-order chi connectivity index (χ1) is 14.9. The minimum absolute atomic E-state index is 0.229. The molecule has 2 aliphatic rings. The van der Waals surface area contributed by atoms with E-state index in [1.54, 1.807) is 41.3 Å². The van der Waals surface area contributed by atoms with Crippen LogP contribution in [-0.2, 0) is 16.6 Å².